The van der Waals surface area contributed by atoms with Crippen LogP contribution < -0.4 is 4.74 Å². The number of ether oxygens (including phenoxy) is 1. The number of hydrogen-bond acceptors (Lipinski definition) is 4. The first-order valence-corrected chi connectivity index (χ1v) is 7.49. The van der Waals surface area contributed by atoms with Crippen molar-refractivity contribution < 1.29 is 9.53 Å². The summed E-state index contributed by atoms with van der Waals surface area (Å²) in [6, 6.07) is 1.97. The van der Waals surface area contributed by atoms with E-state index in [1.54, 1.807) is 11.8 Å². The minimum atomic E-state index is 0.0585. The summed E-state index contributed by atoms with van der Waals surface area (Å²) in [6.07, 6.45) is 5.86. The maximum atomic E-state index is 12.7. The fourth-order valence-electron chi connectivity index (χ4n) is 2.71. The molecular formula is C14H17N3O2S. The first-order chi connectivity index (χ1) is 9.70. The third kappa shape index (κ3) is 2.20. The Hall–Kier alpha value is -1.82. The summed E-state index contributed by atoms with van der Waals surface area (Å²) in [5.74, 6) is 0.722. The molecule has 3 heterocycles. The van der Waals surface area contributed by atoms with Gasteiger partial charge in [-0.2, -0.15) is 5.10 Å². The Morgan fingerprint density at radius 3 is 3.10 bits per heavy atom. The van der Waals surface area contributed by atoms with Crippen LogP contribution in [-0.4, -0.2) is 34.2 Å². The van der Waals surface area contributed by atoms with Gasteiger partial charge in [0.25, 0.3) is 5.91 Å². The van der Waals surface area contributed by atoms with Crippen molar-refractivity contribution in [3.63, 3.8) is 0 Å². The van der Waals surface area contributed by atoms with E-state index < -0.39 is 0 Å². The molecule has 1 saturated heterocycles. The highest BCUT2D eigenvalue weighted by Gasteiger charge is 2.33. The lowest BCUT2D eigenvalue weighted by molar-refractivity contribution is 0.0737. The smallest absolute Gasteiger partial charge is 0.268 e. The number of carbonyl (C=O) groups excluding carboxylic acids is 1. The first kappa shape index (κ1) is 13.2. The molecule has 1 aliphatic heterocycles. The number of nitrogens with zero attached hydrogens (tertiary/aromatic N) is 3. The molecule has 0 saturated carbocycles. The Balaban J connectivity index is 1.87. The Labute approximate surface area is 121 Å². The first-order valence-electron chi connectivity index (χ1n) is 6.61. The van der Waals surface area contributed by atoms with Crippen molar-refractivity contribution in [2.75, 3.05) is 13.7 Å². The minimum Gasteiger partial charge on any atom is -0.495 e. The summed E-state index contributed by atoms with van der Waals surface area (Å²) in [5.41, 5.74) is 1.11. The van der Waals surface area contributed by atoms with Crippen LogP contribution in [0.3, 0.4) is 0 Å². The van der Waals surface area contributed by atoms with E-state index >= 15 is 0 Å². The highest BCUT2D eigenvalue weighted by Crippen LogP contribution is 2.35. The normalized spacial score (nSPS) is 18.5. The molecule has 1 atom stereocenters. The van der Waals surface area contributed by atoms with Crippen molar-refractivity contribution in [3.8, 4) is 5.75 Å². The summed E-state index contributed by atoms with van der Waals surface area (Å²) in [4.78, 5) is 15.3. The lowest BCUT2D eigenvalue weighted by atomic mass is 10.1. The number of hydrogen-bond donors (Lipinski definition) is 0. The molecule has 2 aromatic heterocycles. The van der Waals surface area contributed by atoms with E-state index in [1.165, 1.54) is 11.3 Å². The summed E-state index contributed by atoms with van der Waals surface area (Å²) in [7, 11) is 3.49. The Morgan fingerprint density at radius 1 is 1.55 bits per heavy atom. The van der Waals surface area contributed by atoms with E-state index in [4.69, 9.17) is 4.74 Å². The predicted molar refractivity (Wildman–Crippen MR) is 77.1 cm³/mol. The van der Waals surface area contributed by atoms with E-state index in [0.29, 0.717) is 10.6 Å². The standard InChI is InChI=1S/C14H17N3O2S/c1-16-9-10(8-15-16)11-4-3-6-17(11)14(18)13-12(19-2)5-7-20-13/h5,7-9,11H,3-4,6H2,1-2H3/t11-/m0/s1. The highest BCUT2D eigenvalue weighted by molar-refractivity contribution is 7.12. The number of rotatable bonds is 3. The van der Waals surface area contributed by atoms with E-state index in [-0.39, 0.29) is 11.9 Å². The average Bonchev–Trinajstić information content (AvgIpc) is 3.17. The second-order valence-corrected chi connectivity index (χ2v) is 5.84. The maximum Gasteiger partial charge on any atom is 0.268 e. The summed E-state index contributed by atoms with van der Waals surface area (Å²) >= 11 is 1.43. The third-order valence-electron chi connectivity index (χ3n) is 3.67. The van der Waals surface area contributed by atoms with Gasteiger partial charge in [0.15, 0.2) is 0 Å². The van der Waals surface area contributed by atoms with Gasteiger partial charge in [-0.1, -0.05) is 0 Å². The van der Waals surface area contributed by atoms with Crippen LogP contribution in [0.25, 0.3) is 0 Å². The predicted octanol–water partition coefficient (Wildman–Crippen LogP) is 2.47. The van der Waals surface area contributed by atoms with E-state index in [9.17, 15) is 4.79 Å². The molecule has 0 radical (unpaired) electrons. The molecule has 0 spiro atoms. The van der Waals surface area contributed by atoms with Crippen LogP contribution in [0.1, 0.15) is 34.1 Å². The van der Waals surface area contributed by atoms with Crippen molar-refractivity contribution in [2.24, 2.45) is 7.05 Å². The minimum absolute atomic E-state index is 0.0585. The molecular weight excluding hydrogens is 274 g/mol. The molecule has 1 amide bonds. The van der Waals surface area contributed by atoms with Gasteiger partial charge in [-0.05, 0) is 24.3 Å². The molecule has 1 fully saturated rings. The molecule has 3 rings (SSSR count). The van der Waals surface area contributed by atoms with Gasteiger partial charge < -0.3 is 9.64 Å². The molecule has 6 heteroatoms. The molecule has 0 aromatic carbocycles. The zero-order valence-electron chi connectivity index (χ0n) is 11.6. The van der Waals surface area contributed by atoms with Crippen LogP contribution in [0.15, 0.2) is 23.8 Å². The van der Waals surface area contributed by atoms with Gasteiger partial charge in [-0.25, -0.2) is 0 Å². The number of amides is 1. The maximum absolute atomic E-state index is 12.7. The zero-order chi connectivity index (χ0) is 14.1. The molecule has 20 heavy (non-hydrogen) atoms. The van der Waals surface area contributed by atoms with Crippen LogP contribution in [0.2, 0.25) is 0 Å². The summed E-state index contributed by atoms with van der Waals surface area (Å²) < 4.78 is 7.04. The van der Waals surface area contributed by atoms with Crippen molar-refractivity contribution in [1.29, 1.82) is 0 Å². The molecule has 5 nitrogen and oxygen atoms in total. The number of likely N-dealkylation sites (tertiary alicyclic amines) is 1. The number of aryl methyl sites for hydroxylation is 1. The van der Waals surface area contributed by atoms with Gasteiger partial charge in [0.1, 0.15) is 10.6 Å². The average molecular weight is 291 g/mol. The molecule has 0 N–H and O–H groups in total. The van der Waals surface area contributed by atoms with Crippen LogP contribution in [0.4, 0.5) is 0 Å². The number of methoxy groups -OCH3 is 1. The monoisotopic (exact) mass is 291 g/mol. The van der Waals surface area contributed by atoms with Crippen LogP contribution in [-0.2, 0) is 7.05 Å². The van der Waals surface area contributed by atoms with Gasteiger partial charge in [-0.15, -0.1) is 11.3 Å². The Bertz CT molecular complexity index is 619. The molecule has 1 aliphatic rings. The van der Waals surface area contributed by atoms with Gasteiger partial charge >= 0.3 is 0 Å². The molecule has 0 unspecified atom stereocenters. The van der Waals surface area contributed by atoms with Crippen molar-refractivity contribution >= 4 is 17.2 Å². The number of carbonyl (C=O) groups is 1. The number of aromatic nitrogens is 2. The number of thiophene rings is 1. The van der Waals surface area contributed by atoms with Crippen LogP contribution >= 0.6 is 11.3 Å². The third-order valence-corrected chi connectivity index (χ3v) is 4.55. The largest absolute Gasteiger partial charge is 0.495 e. The van der Waals surface area contributed by atoms with Gasteiger partial charge in [0.05, 0.1) is 19.3 Å². The van der Waals surface area contributed by atoms with Crippen molar-refractivity contribution in [1.82, 2.24) is 14.7 Å². The molecule has 106 valence electrons. The lowest BCUT2D eigenvalue weighted by Gasteiger charge is -2.23. The topological polar surface area (TPSA) is 47.4 Å². The second kappa shape index (κ2) is 5.28. The Morgan fingerprint density at radius 2 is 2.40 bits per heavy atom. The SMILES string of the molecule is COc1ccsc1C(=O)N1CCC[C@H]1c1cnn(C)c1. The van der Waals surface area contributed by atoms with Crippen LogP contribution in [0, 0.1) is 0 Å². The van der Waals surface area contributed by atoms with Gasteiger partial charge in [0, 0.05) is 25.4 Å². The van der Waals surface area contributed by atoms with E-state index in [2.05, 4.69) is 5.10 Å². The fraction of sp³-hybridized carbons (Fsp3) is 0.429. The van der Waals surface area contributed by atoms with Gasteiger partial charge in [0.2, 0.25) is 0 Å². The van der Waals surface area contributed by atoms with Crippen LogP contribution in [0.5, 0.6) is 5.75 Å². The highest BCUT2D eigenvalue weighted by atomic mass is 32.1. The fourth-order valence-corrected chi connectivity index (χ4v) is 3.53. The lowest BCUT2D eigenvalue weighted by Crippen LogP contribution is -2.30. The van der Waals surface area contributed by atoms with E-state index in [1.807, 2.05) is 35.8 Å². The van der Waals surface area contributed by atoms with Crippen molar-refractivity contribution in [2.45, 2.75) is 18.9 Å². The van der Waals surface area contributed by atoms with Crippen molar-refractivity contribution in [3.05, 3.63) is 34.3 Å². The zero-order valence-corrected chi connectivity index (χ0v) is 12.4. The molecule has 0 aliphatic carbocycles. The Kier molecular flexibility index (Phi) is 3.48. The summed E-state index contributed by atoms with van der Waals surface area (Å²) in [5, 5.41) is 6.10. The molecule has 2 aromatic rings. The van der Waals surface area contributed by atoms with Gasteiger partial charge in [-0.3, -0.25) is 9.48 Å². The second-order valence-electron chi connectivity index (χ2n) is 4.92. The summed E-state index contributed by atoms with van der Waals surface area (Å²) in [6.45, 7) is 0.791. The molecule has 0 bridgehead atoms. The quantitative estimate of drug-likeness (QED) is 0.873. The van der Waals surface area contributed by atoms with E-state index in [0.717, 1.165) is 24.9 Å².